The van der Waals surface area contributed by atoms with Gasteiger partial charge in [-0.05, 0) is 79.9 Å². The van der Waals surface area contributed by atoms with Crippen LogP contribution in [0, 0.1) is 34.5 Å². The SMILES string of the molecule is CC(C)[C@]12O[C@H]1[C@@H]1O[C@@]13[C@@]1(C)CCC4=C(/C(=C(\OC(=O)c5ccccc5)c5ccccc5)OC4=O)[C@@H]1C[C@@H]1O[C@@]13C2=O.CC(C)[C@]12O[C@H]1[C@@H]1O[C@@]13[C@@]1(C)CCC4=C(COC4=O)[C@@H]1C[C@@H]1O[C@@]13C2=O. The Morgan fingerprint density at radius 3 is 1.69 bits per heavy atom. The fourth-order valence-corrected chi connectivity index (χ4v) is 16.5. The van der Waals surface area contributed by atoms with Crippen molar-refractivity contribution in [3.8, 4) is 0 Å². The largest absolute Gasteiger partial charge is 0.458 e. The number of Topliss-reactive ketones (excluding diaryl/α,β-unsaturated/α-hetero) is 2. The molecule has 68 heavy (non-hydrogen) atoms. The number of carbonyl (C=O) groups excluding carboxylic acids is 5. The summed E-state index contributed by atoms with van der Waals surface area (Å²) in [4.78, 5) is 66.6. The Morgan fingerprint density at radius 1 is 0.618 bits per heavy atom. The number of benzene rings is 2. The number of hydrogen-bond donors (Lipinski definition) is 0. The van der Waals surface area contributed by atoms with E-state index in [4.69, 9.17) is 42.6 Å². The number of ether oxygens (including phenoxy) is 9. The summed E-state index contributed by atoms with van der Waals surface area (Å²) in [6, 6.07) is 18.0. The summed E-state index contributed by atoms with van der Waals surface area (Å²) in [6.07, 6.45) is 2.75. The van der Waals surface area contributed by atoms with Crippen molar-refractivity contribution in [2.24, 2.45) is 34.5 Å². The molecule has 4 saturated carbocycles. The second-order valence-electron chi connectivity index (χ2n) is 22.9. The zero-order chi connectivity index (χ0) is 46.7. The third-order valence-corrected chi connectivity index (χ3v) is 20.0. The highest BCUT2D eigenvalue weighted by Gasteiger charge is 3.02. The van der Waals surface area contributed by atoms with Gasteiger partial charge in [-0.25, -0.2) is 14.4 Å². The van der Waals surface area contributed by atoms with Crippen molar-refractivity contribution in [1.82, 2.24) is 0 Å². The summed E-state index contributed by atoms with van der Waals surface area (Å²) in [6.45, 7) is 12.9. The molecule has 16 rings (SSSR count). The molecule has 0 aromatic heterocycles. The molecule has 4 spiro atoms. The van der Waals surface area contributed by atoms with Crippen LogP contribution >= 0.6 is 0 Å². The first-order chi connectivity index (χ1) is 32.5. The van der Waals surface area contributed by atoms with Gasteiger partial charge in [-0.1, -0.05) is 90.1 Å². The minimum Gasteiger partial charge on any atom is -0.458 e. The maximum atomic E-state index is 14.2. The van der Waals surface area contributed by atoms with Gasteiger partial charge in [0.25, 0.3) is 0 Å². The number of allylic oxidation sites excluding steroid dienone is 1. The smallest absolute Gasteiger partial charge is 0.343 e. The molecule has 8 heterocycles. The molecule has 2 aromatic carbocycles. The maximum Gasteiger partial charge on any atom is 0.343 e. The summed E-state index contributed by atoms with van der Waals surface area (Å²) >= 11 is 0. The number of ketones is 2. The second-order valence-corrected chi connectivity index (χ2v) is 22.9. The molecule has 16 atom stereocenters. The van der Waals surface area contributed by atoms with E-state index in [0.29, 0.717) is 49.0 Å². The lowest BCUT2D eigenvalue weighted by atomic mass is 9.47. The van der Waals surface area contributed by atoms with Crippen LogP contribution in [0.15, 0.2) is 88.7 Å². The minimum absolute atomic E-state index is 0.0180. The molecule has 0 N–H and O–H groups in total. The maximum absolute atomic E-state index is 14.2. The molecule has 352 valence electrons. The van der Waals surface area contributed by atoms with Gasteiger partial charge in [0.15, 0.2) is 33.9 Å². The van der Waals surface area contributed by atoms with Gasteiger partial charge in [0.1, 0.15) is 42.2 Å². The monoisotopic (exact) mass is 924 g/mol. The second kappa shape index (κ2) is 12.2. The van der Waals surface area contributed by atoms with E-state index < -0.39 is 51.0 Å². The average molecular weight is 925 g/mol. The number of cyclic esters (lactones) is 2. The van der Waals surface area contributed by atoms with Crippen LogP contribution in [0.3, 0.4) is 0 Å². The van der Waals surface area contributed by atoms with Crippen LogP contribution in [0.5, 0.6) is 0 Å². The van der Waals surface area contributed by atoms with Crippen molar-refractivity contribution >= 4 is 35.2 Å². The molecule has 10 fully saturated rings. The molecule has 0 unspecified atom stereocenters. The lowest BCUT2D eigenvalue weighted by Gasteiger charge is -2.51. The Morgan fingerprint density at radius 2 is 1.13 bits per heavy atom. The summed E-state index contributed by atoms with van der Waals surface area (Å²) < 4.78 is 55.4. The summed E-state index contributed by atoms with van der Waals surface area (Å²) in [5.41, 5.74) is -1.24. The standard InChI is InChI=1S/C34H30O8.C20H22O6/c1-17(2)32-26(41-32)27-34(42-27)31(3)15-14-20-23(21(31)16-22-33(34,40-22)30(32)37)25(39-29(20)36)24(18-10-6-4-7-11-18)38-28(35)19-12-8-5-9-13-19;1-8(2)18-13(25-18)14-20(26-14)17(3)5-4-9-10(7-23-15(9)21)11(17)6-12-19(20,24-12)16(18)22/h4-13,17,21-22,26-27H,14-16H2,1-3H3;8,11-14H,4-7H2,1-3H3/b25-24+;/t21-,22-,26-,27-,31-,32-,33+,34+;11-,12-,13-,14-,17-,18-,19+,20+/m00/s1. The van der Waals surface area contributed by atoms with Crippen molar-refractivity contribution in [3.05, 3.63) is 99.8 Å². The molecule has 0 radical (unpaired) electrons. The average Bonchev–Trinajstić information content (AvgIpc) is 4.07. The van der Waals surface area contributed by atoms with Crippen LogP contribution < -0.4 is 0 Å². The Kier molecular flexibility index (Phi) is 7.35. The quantitative estimate of drug-likeness (QED) is 0.150. The number of rotatable bonds is 5. The number of fused-ring (bicyclic) bond motifs is 8. The molecule has 2 aromatic rings. The third-order valence-electron chi connectivity index (χ3n) is 20.0. The van der Waals surface area contributed by atoms with Gasteiger partial charge in [0, 0.05) is 33.1 Å². The van der Waals surface area contributed by atoms with E-state index in [0.717, 1.165) is 29.6 Å². The van der Waals surface area contributed by atoms with E-state index in [-0.39, 0.29) is 94.8 Å². The van der Waals surface area contributed by atoms with E-state index >= 15 is 0 Å². The molecule has 14 heteroatoms. The van der Waals surface area contributed by atoms with Crippen molar-refractivity contribution in [1.29, 1.82) is 0 Å². The van der Waals surface area contributed by atoms with Gasteiger partial charge in [0.05, 0.1) is 17.8 Å². The molecule has 6 saturated heterocycles. The topological polar surface area (TPSA) is 188 Å². The lowest BCUT2D eigenvalue weighted by Crippen LogP contribution is -2.67. The Bertz CT molecular complexity index is 2900. The number of esters is 3. The molecule has 14 aliphatic rings. The summed E-state index contributed by atoms with van der Waals surface area (Å²) in [7, 11) is 0. The van der Waals surface area contributed by atoms with Crippen LogP contribution in [0.2, 0.25) is 0 Å². The first-order valence-electron chi connectivity index (χ1n) is 24.6. The lowest BCUT2D eigenvalue weighted by molar-refractivity contribution is -0.140. The first-order valence-corrected chi connectivity index (χ1v) is 24.6. The van der Waals surface area contributed by atoms with Crippen molar-refractivity contribution in [3.63, 3.8) is 0 Å². The highest BCUT2D eigenvalue weighted by Crippen LogP contribution is 2.84. The molecule has 8 aliphatic heterocycles. The molecule has 6 aliphatic carbocycles. The molecular weight excluding hydrogens is 873 g/mol. The first kappa shape index (κ1) is 41.0. The number of hydrogen-bond acceptors (Lipinski definition) is 14. The Balaban J connectivity index is 0.000000138. The van der Waals surface area contributed by atoms with Crippen molar-refractivity contribution in [2.45, 2.75) is 150 Å². The van der Waals surface area contributed by atoms with Gasteiger partial charge in [0.2, 0.25) is 11.6 Å². The molecule has 14 nitrogen and oxygen atoms in total. The summed E-state index contributed by atoms with van der Waals surface area (Å²) in [5, 5.41) is 0. The van der Waals surface area contributed by atoms with E-state index in [1.54, 1.807) is 24.3 Å². The van der Waals surface area contributed by atoms with Gasteiger partial charge in [-0.3, -0.25) is 9.59 Å². The van der Waals surface area contributed by atoms with Crippen LogP contribution in [-0.2, 0) is 61.8 Å². The third kappa shape index (κ3) is 4.18. The fraction of sp³-hybridized carbons (Fsp3) is 0.574. The molecular formula is C54H52O14. The zero-order valence-corrected chi connectivity index (χ0v) is 38.7. The predicted octanol–water partition coefficient (Wildman–Crippen LogP) is 5.85. The van der Waals surface area contributed by atoms with Crippen LogP contribution in [0.4, 0.5) is 0 Å². The highest BCUT2D eigenvalue weighted by molar-refractivity contribution is 6.06. The van der Waals surface area contributed by atoms with Gasteiger partial charge in [-0.2, -0.15) is 0 Å². The van der Waals surface area contributed by atoms with Gasteiger partial charge < -0.3 is 42.6 Å². The van der Waals surface area contributed by atoms with Gasteiger partial charge in [-0.15, -0.1) is 0 Å². The van der Waals surface area contributed by atoms with E-state index in [2.05, 4.69) is 13.8 Å². The summed E-state index contributed by atoms with van der Waals surface area (Å²) in [5.74, 6) is -0.413. The van der Waals surface area contributed by atoms with E-state index in [1.165, 1.54) is 0 Å². The normalized spacial score (nSPS) is 49.5. The predicted molar refractivity (Wildman–Crippen MR) is 233 cm³/mol. The van der Waals surface area contributed by atoms with Crippen LogP contribution in [0.25, 0.3) is 5.76 Å². The number of epoxide rings is 6. The van der Waals surface area contributed by atoms with Crippen molar-refractivity contribution in [2.75, 3.05) is 6.61 Å². The van der Waals surface area contributed by atoms with Crippen molar-refractivity contribution < 1.29 is 66.6 Å². The highest BCUT2D eigenvalue weighted by atomic mass is 16.7. The molecule has 0 amide bonds. The van der Waals surface area contributed by atoms with E-state index in [1.807, 2.05) is 64.1 Å². The molecule has 0 bridgehead atoms. The van der Waals surface area contributed by atoms with E-state index in [9.17, 15) is 24.0 Å². The minimum atomic E-state index is -1.02. The zero-order valence-electron chi connectivity index (χ0n) is 38.7. The van der Waals surface area contributed by atoms with Crippen LogP contribution in [0.1, 0.15) is 96.0 Å². The van der Waals surface area contributed by atoms with Crippen LogP contribution in [-0.4, -0.2) is 106 Å². The Hall–Kier alpha value is -4.83. The number of carbonyl (C=O) groups is 5. The Labute approximate surface area is 392 Å². The fourth-order valence-electron chi connectivity index (χ4n) is 16.5. The van der Waals surface area contributed by atoms with Gasteiger partial charge >= 0.3 is 17.9 Å².